The predicted molar refractivity (Wildman–Crippen MR) is 129 cm³/mol. The molecule has 0 bridgehead atoms. The Balaban J connectivity index is 1.39. The molecule has 0 aliphatic carbocycles. The predicted octanol–water partition coefficient (Wildman–Crippen LogP) is 7.47. The van der Waals surface area contributed by atoms with Crippen molar-refractivity contribution in [3.05, 3.63) is 87.9 Å². The number of amides is 1. The SMILES string of the molecule is O=C(CCc1ccccc1)Nc1ccc2nc(SCc3c(Cl)cccc3Cl)sc2c1. The van der Waals surface area contributed by atoms with E-state index in [0.29, 0.717) is 22.2 Å². The summed E-state index contributed by atoms with van der Waals surface area (Å²) in [5, 5.41) is 4.31. The third-order valence-electron chi connectivity index (χ3n) is 4.54. The van der Waals surface area contributed by atoms with Gasteiger partial charge < -0.3 is 5.32 Å². The number of carbonyl (C=O) groups excluding carboxylic acids is 1. The van der Waals surface area contributed by atoms with Gasteiger partial charge in [-0.05, 0) is 47.9 Å². The number of aromatic nitrogens is 1. The van der Waals surface area contributed by atoms with Gasteiger partial charge in [-0.2, -0.15) is 0 Å². The molecule has 1 N–H and O–H groups in total. The molecule has 0 aliphatic rings. The molecular formula is C23H18Cl2N2OS2. The maximum absolute atomic E-state index is 12.3. The normalized spacial score (nSPS) is 11.0. The summed E-state index contributed by atoms with van der Waals surface area (Å²) in [4.78, 5) is 17.0. The fourth-order valence-electron chi connectivity index (χ4n) is 2.97. The minimum absolute atomic E-state index is 0.00526. The number of thioether (sulfide) groups is 1. The summed E-state index contributed by atoms with van der Waals surface area (Å²) in [7, 11) is 0. The number of nitrogens with one attached hydrogen (secondary N) is 1. The van der Waals surface area contributed by atoms with E-state index in [1.165, 1.54) is 0 Å². The van der Waals surface area contributed by atoms with E-state index in [4.69, 9.17) is 23.2 Å². The lowest BCUT2D eigenvalue weighted by atomic mass is 10.1. The number of aryl methyl sites for hydroxylation is 1. The second kappa shape index (κ2) is 9.84. The second-order valence-electron chi connectivity index (χ2n) is 6.68. The molecule has 30 heavy (non-hydrogen) atoms. The molecule has 0 saturated carbocycles. The molecule has 0 atom stereocenters. The Hall–Kier alpha value is -2.05. The van der Waals surface area contributed by atoms with Crippen molar-refractivity contribution in [2.75, 3.05) is 5.32 Å². The first-order valence-electron chi connectivity index (χ1n) is 9.38. The molecule has 3 aromatic carbocycles. The monoisotopic (exact) mass is 472 g/mol. The Kier molecular flexibility index (Phi) is 6.95. The average molecular weight is 473 g/mol. The molecule has 152 valence electrons. The standard InChI is InChI=1S/C23H18Cl2N2OS2/c24-18-7-4-8-19(25)17(18)14-29-23-27-20-11-10-16(13-21(20)30-23)26-22(28)12-9-15-5-2-1-3-6-15/h1-8,10-11,13H,9,12,14H2,(H,26,28). The number of thiazole rings is 1. The average Bonchev–Trinajstić information content (AvgIpc) is 3.15. The number of hydrogen-bond donors (Lipinski definition) is 1. The van der Waals surface area contributed by atoms with Crippen LogP contribution in [0.2, 0.25) is 10.0 Å². The van der Waals surface area contributed by atoms with Gasteiger partial charge in [-0.25, -0.2) is 4.98 Å². The van der Waals surface area contributed by atoms with Gasteiger partial charge in [0.15, 0.2) is 4.34 Å². The van der Waals surface area contributed by atoms with E-state index >= 15 is 0 Å². The van der Waals surface area contributed by atoms with Crippen molar-refractivity contribution in [1.82, 2.24) is 4.98 Å². The Morgan fingerprint density at radius 3 is 2.53 bits per heavy atom. The molecule has 4 aromatic rings. The van der Waals surface area contributed by atoms with E-state index in [0.717, 1.165) is 37.8 Å². The number of fused-ring (bicyclic) bond motifs is 1. The largest absolute Gasteiger partial charge is 0.326 e. The van der Waals surface area contributed by atoms with E-state index in [2.05, 4.69) is 10.3 Å². The fourth-order valence-corrected chi connectivity index (χ4v) is 5.82. The summed E-state index contributed by atoms with van der Waals surface area (Å²) in [5.41, 5.74) is 3.77. The highest BCUT2D eigenvalue weighted by molar-refractivity contribution is 8.00. The molecule has 0 aliphatic heterocycles. The molecule has 1 aromatic heterocycles. The Morgan fingerprint density at radius 1 is 1.00 bits per heavy atom. The van der Waals surface area contributed by atoms with Crippen molar-refractivity contribution in [2.24, 2.45) is 0 Å². The van der Waals surface area contributed by atoms with Crippen molar-refractivity contribution < 1.29 is 4.79 Å². The quantitative estimate of drug-likeness (QED) is 0.283. The van der Waals surface area contributed by atoms with Crippen molar-refractivity contribution in [3.8, 4) is 0 Å². The zero-order valence-corrected chi connectivity index (χ0v) is 19.0. The first kappa shape index (κ1) is 21.2. The maximum Gasteiger partial charge on any atom is 0.224 e. The van der Waals surface area contributed by atoms with Gasteiger partial charge in [-0.3, -0.25) is 4.79 Å². The molecule has 4 rings (SSSR count). The van der Waals surface area contributed by atoms with Crippen LogP contribution in [0.1, 0.15) is 17.5 Å². The lowest BCUT2D eigenvalue weighted by Gasteiger charge is -2.05. The number of nitrogens with zero attached hydrogens (tertiary/aromatic N) is 1. The van der Waals surface area contributed by atoms with Crippen LogP contribution in [0.4, 0.5) is 5.69 Å². The number of rotatable bonds is 7. The van der Waals surface area contributed by atoms with E-state index < -0.39 is 0 Å². The molecule has 1 heterocycles. The van der Waals surface area contributed by atoms with E-state index in [9.17, 15) is 4.79 Å². The molecule has 0 spiro atoms. The van der Waals surface area contributed by atoms with Crippen molar-refractivity contribution in [3.63, 3.8) is 0 Å². The Bertz CT molecular complexity index is 1160. The minimum Gasteiger partial charge on any atom is -0.326 e. The summed E-state index contributed by atoms with van der Waals surface area (Å²) in [5.74, 6) is 0.659. The highest BCUT2D eigenvalue weighted by Gasteiger charge is 2.11. The Morgan fingerprint density at radius 2 is 1.77 bits per heavy atom. The zero-order chi connectivity index (χ0) is 20.9. The second-order valence-corrected chi connectivity index (χ2v) is 9.75. The van der Waals surface area contributed by atoms with E-state index in [-0.39, 0.29) is 5.91 Å². The number of anilines is 1. The van der Waals surface area contributed by atoms with Crippen LogP contribution in [0.3, 0.4) is 0 Å². The summed E-state index contributed by atoms with van der Waals surface area (Å²) in [6, 6.07) is 21.3. The number of benzene rings is 3. The molecule has 0 unspecified atom stereocenters. The van der Waals surface area contributed by atoms with E-state index in [1.54, 1.807) is 23.1 Å². The van der Waals surface area contributed by atoms with Crippen LogP contribution >= 0.6 is 46.3 Å². The first-order chi connectivity index (χ1) is 14.6. The number of carbonyl (C=O) groups is 1. The Labute approximate surface area is 193 Å². The smallest absolute Gasteiger partial charge is 0.224 e. The van der Waals surface area contributed by atoms with Gasteiger partial charge in [0.2, 0.25) is 5.91 Å². The summed E-state index contributed by atoms with van der Waals surface area (Å²) < 4.78 is 1.97. The van der Waals surface area contributed by atoms with Crippen molar-refractivity contribution in [1.29, 1.82) is 0 Å². The van der Waals surface area contributed by atoms with Crippen LogP contribution in [-0.2, 0) is 17.0 Å². The summed E-state index contributed by atoms with van der Waals surface area (Å²) in [6.45, 7) is 0. The molecule has 3 nitrogen and oxygen atoms in total. The van der Waals surface area contributed by atoms with Crippen LogP contribution in [-0.4, -0.2) is 10.9 Å². The van der Waals surface area contributed by atoms with Crippen LogP contribution in [0.5, 0.6) is 0 Å². The summed E-state index contributed by atoms with van der Waals surface area (Å²) >= 11 is 15.7. The lowest BCUT2D eigenvalue weighted by Crippen LogP contribution is -2.12. The van der Waals surface area contributed by atoms with Gasteiger partial charge in [-0.1, -0.05) is 71.4 Å². The molecular weight excluding hydrogens is 455 g/mol. The van der Waals surface area contributed by atoms with E-state index in [1.807, 2.05) is 66.7 Å². The van der Waals surface area contributed by atoms with Gasteiger partial charge >= 0.3 is 0 Å². The highest BCUT2D eigenvalue weighted by atomic mass is 35.5. The zero-order valence-electron chi connectivity index (χ0n) is 15.9. The number of halogens is 2. The van der Waals surface area contributed by atoms with Crippen molar-refractivity contribution >= 4 is 68.1 Å². The molecule has 1 amide bonds. The van der Waals surface area contributed by atoms with Gasteiger partial charge in [0.25, 0.3) is 0 Å². The third-order valence-corrected chi connectivity index (χ3v) is 7.43. The summed E-state index contributed by atoms with van der Waals surface area (Å²) in [6.07, 6.45) is 1.17. The third kappa shape index (κ3) is 5.35. The fraction of sp³-hybridized carbons (Fsp3) is 0.130. The molecule has 0 radical (unpaired) electrons. The maximum atomic E-state index is 12.3. The molecule has 7 heteroatoms. The van der Waals surface area contributed by atoms with Gasteiger partial charge in [0.05, 0.1) is 10.2 Å². The number of hydrogen-bond acceptors (Lipinski definition) is 4. The topological polar surface area (TPSA) is 42.0 Å². The van der Waals surface area contributed by atoms with Crippen LogP contribution < -0.4 is 5.32 Å². The van der Waals surface area contributed by atoms with Gasteiger partial charge in [0, 0.05) is 27.9 Å². The first-order valence-corrected chi connectivity index (χ1v) is 11.9. The van der Waals surface area contributed by atoms with Crippen molar-refractivity contribution in [2.45, 2.75) is 22.9 Å². The minimum atomic E-state index is 0.00526. The van der Waals surface area contributed by atoms with Crippen LogP contribution in [0, 0.1) is 0 Å². The van der Waals surface area contributed by atoms with Crippen LogP contribution in [0.15, 0.2) is 71.1 Å². The molecule has 0 saturated heterocycles. The van der Waals surface area contributed by atoms with Gasteiger partial charge in [0.1, 0.15) is 0 Å². The molecule has 0 fully saturated rings. The van der Waals surface area contributed by atoms with Crippen LogP contribution in [0.25, 0.3) is 10.2 Å². The highest BCUT2D eigenvalue weighted by Crippen LogP contribution is 2.36. The lowest BCUT2D eigenvalue weighted by molar-refractivity contribution is -0.116. The van der Waals surface area contributed by atoms with Gasteiger partial charge in [-0.15, -0.1) is 11.3 Å².